The Kier molecular flexibility index (Phi) is 5.95. The molecular weight excluding hydrogens is 296 g/mol. The van der Waals surface area contributed by atoms with E-state index in [-0.39, 0.29) is 12.5 Å². The largest absolute Gasteiger partial charge is 0.378 e. The number of nitrogens with one attached hydrogen (secondary N) is 1. The highest BCUT2D eigenvalue weighted by Crippen LogP contribution is 2.19. The Labute approximate surface area is 136 Å². The van der Waals surface area contributed by atoms with Crippen LogP contribution < -0.4 is 16.0 Å². The lowest BCUT2D eigenvalue weighted by atomic mass is 10.2. The number of ether oxygens (including phenoxy) is 1. The van der Waals surface area contributed by atoms with Crippen LogP contribution in [-0.4, -0.2) is 62.7 Å². The van der Waals surface area contributed by atoms with Crippen LogP contribution in [-0.2, 0) is 14.3 Å². The molecule has 1 atom stereocenters. The van der Waals surface area contributed by atoms with E-state index in [0.29, 0.717) is 0 Å². The van der Waals surface area contributed by atoms with Gasteiger partial charge in [0.05, 0.1) is 25.8 Å². The molecule has 0 aromatic heterocycles. The van der Waals surface area contributed by atoms with Gasteiger partial charge in [-0.25, -0.2) is 0 Å². The first-order chi connectivity index (χ1) is 11.0. The molecule has 0 spiro atoms. The Bertz CT molecular complexity index is 541. The number of hydrogen-bond donors (Lipinski definition) is 2. The van der Waals surface area contributed by atoms with E-state index in [1.54, 1.807) is 18.9 Å². The maximum Gasteiger partial charge on any atom is 0.238 e. The molecule has 0 bridgehead atoms. The SMILES string of the molecule is C[C@H](C(N)=O)N(C)CC(=O)Nc1ccc(N2CCOCC2)cc1. The number of carbonyl (C=O) groups is 2. The van der Waals surface area contributed by atoms with Crippen LogP contribution >= 0.6 is 0 Å². The summed E-state index contributed by atoms with van der Waals surface area (Å²) in [6, 6.07) is 7.23. The van der Waals surface area contributed by atoms with Crippen LogP contribution in [0.15, 0.2) is 24.3 Å². The molecule has 0 radical (unpaired) electrons. The topological polar surface area (TPSA) is 87.9 Å². The zero-order valence-electron chi connectivity index (χ0n) is 13.6. The van der Waals surface area contributed by atoms with Crippen molar-refractivity contribution in [1.82, 2.24) is 4.90 Å². The minimum absolute atomic E-state index is 0.106. The van der Waals surface area contributed by atoms with E-state index in [9.17, 15) is 9.59 Å². The van der Waals surface area contributed by atoms with Crippen molar-refractivity contribution in [1.29, 1.82) is 0 Å². The first-order valence-electron chi connectivity index (χ1n) is 7.69. The maximum atomic E-state index is 12.0. The van der Waals surface area contributed by atoms with Crippen molar-refractivity contribution in [3.8, 4) is 0 Å². The Morgan fingerprint density at radius 2 is 1.91 bits per heavy atom. The second-order valence-corrected chi connectivity index (χ2v) is 5.69. The van der Waals surface area contributed by atoms with Gasteiger partial charge >= 0.3 is 0 Å². The van der Waals surface area contributed by atoms with Crippen molar-refractivity contribution in [3.05, 3.63) is 24.3 Å². The standard InChI is InChI=1S/C16H24N4O3/c1-12(16(17)22)19(2)11-15(21)18-13-3-5-14(6-4-13)20-7-9-23-10-8-20/h3-6,12H,7-11H2,1-2H3,(H2,17,22)(H,18,21)/t12-/m1/s1. The van der Waals surface area contributed by atoms with E-state index in [2.05, 4.69) is 10.2 Å². The molecule has 2 rings (SSSR count). The first-order valence-corrected chi connectivity index (χ1v) is 7.69. The van der Waals surface area contributed by atoms with Crippen molar-refractivity contribution in [2.75, 3.05) is 50.1 Å². The molecule has 1 fully saturated rings. The number of likely N-dealkylation sites (N-methyl/N-ethyl adjacent to an activating group) is 1. The Morgan fingerprint density at radius 3 is 2.48 bits per heavy atom. The number of anilines is 2. The summed E-state index contributed by atoms with van der Waals surface area (Å²) in [5.41, 5.74) is 7.07. The first kappa shape index (κ1) is 17.2. The Hall–Kier alpha value is -2.12. The summed E-state index contributed by atoms with van der Waals surface area (Å²) in [5.74, 6) is -0.630. The van der Waals surface area contributed by atoms with Gasteiger partial charge in [0.2, 0.25) is 11.8 Å². The fraction of sp³-hybridized carbons (Fsp3) is 0.500. The summed E-state index contributed by atoms with van der Waals surface area (Å²) < 4.78 is 5.33. The number of nitrogens with two attached hydrogens (primary N) is 1. The van der Waals surface area contributed by atoms with Gasteiger partial charge in [-0.1, -0.05) is 0 Å². The Balaban J connectivity index is 1.87. The summed E-state index contributed by atoms with van der Waals surface area (Å²) in [6.07, 6.45) is 0. The van der Waals surface area contributed by atoms with E-state index in [4.69, 9.17) is 10.5 Å². The number of nitrogens with zero attached hydrogens (tertiary/aromatic N) is 2. The molecule has 0 unspecified atom stereocenters. The van der Waals surface area contributed by atoms with Gasteiger partial charge in [0.1, 0.15) is 0 Å². The number of amides is 2. The average molecular weight is 320 g/mol. The average Bonchev–Trinajstić information content (AvgIpc) is 2.55. The smallest absolute Gasteiger partial charge is 0.238 e. The lowest BCUT2D eigenvalue weighted by molar-refractivity contribution is -0.123. The molecule has 1 saturated heterocycles. The van der Waals surface area contributed by atoms with Crippen LogP contribution in [0.3, 0.4) is 0 Å². The third kappa shape index (κ3) is 4.94. The number of carbonyl (C=O) groups excluding carboxylic acids is 2. The lowest BCUT2D eigenvalue weighted by Crippen LogP contribution is -2.43. The molecule has 0 saturated carbocycles. The van der Waals surface area contributed by atoms with E-state index < -0.39 is 11.9 Å². The highest BCUT2D eigenvalue weighted by atomic mass is 16.5. The monoisotopic (exact) mass is 320 g/mol. The fourth-order valence-corrected chi connectivity index (χ4v) is 2.36. The highest BCUT2D eigenvalue weighted by molar-refractivity contribution is 5.93. The number of primary amides is 1. The molecule has 1 aromatic rings. The quantitative estimate of drug-likeness (QED) is 0.785. The Morgan fingerprint density at radius 1 is 1.30 bits per heavy atom. The van der Waals surface area contributed by atoms with Crippen LogP contribution in [0, 0.1) is 0 Å². The van der Waals surface area contributed by atoms with Gasteiger partial charge in [0, 0.05) is 24.5 Å². The van der Waals surface area contributed by atoms with E-state index in [1.165, 1.54) is 0 Å². The van der Waals surface area contributed by atoms with E-state index in [1.807, 2.05) is 24.3 Å². The predicted octanol–water partition coefficient (Wildman–Crippen LogP) is 0.267. The molecule has 7 heteroatoms. The van der Waals surface area contributed by atoms with Crippen LogP contribution in [0.1, 0.15) is 6.92 Å². The van der Waals surface area contributed by atoms with E-state index in [0.717, 1.165) is 37.7 Å². The number of morpholine rings is 1. The predicted molar refractivity (Wildman–Crippen MR) is 89.4 cm³/mol. The van der Waals surface area contributed by atoms with Crippen LogP contribution in [0.2, 0.25) is 0 Å². The second kappa shape index (κ2) is 7.94. The molecule has 1 aliphatic heterocycles. The molecule has 0 aliphatic carbocycles. The van der Waals surface area contributed by atoms with Gasteiger partial charge in [-0.15, -0.1) is 0 Å². The summed E-state index contributed by atoms with van der Waals surface area (Å²) in [6.45, 7) is 5.01. The third-order valence-corrected chi connectivity index (χ3v) is 3.99. The van der Waals surface area contributed by atoms with Gasteiger partial charge in [-0.3, -0.25) is 14.5 Å². The van der Waals surface area contributed by atoms with Gasteiger partial charge in [-0.2, -0.15) is 0 Å². The van der Waals surface area contributed by atoms with Crippen molar-refractivity contribution < 1.29 is 14.3 Å². The summed E-state index contributed by atoms with van der Waals surface area (Å²) in [7, 11) is 1.69. The zero-order valence-corrected chi connectivity index (χ0v) is 13.6. The molecule has 1 heterocycles. The second-order valence-electron chi connectivity index (χ2n) is 5.69. The molecule has 7 nitrogen and oxygen atoms in total. The highest BCUT2D eigenvalue weighted by Gasteiger charge is 2.17. The van der Waals surface area contributed by atoms with Crippen molar-refractivity contribution in [2.24, 2.45) is 5.73 Å². The zero-order chi connectivity index (χ0) is 16.8. The van der Waals surface area contributed by atoms with Crippen LogP contribution in [0.4, 0.5) is 11.4 Å². The summed E-state index contributed by atoms with van der Waals surface area (Å²) in [5, 5.41) is 2.82. The molecule has 3 N–H and O–H groups in total. The van der Waals surface area contributed by atoms with Gasteiger partial charge in [0.25, 0.3) is 0 Å². The summed E-state index contributed by atoms with van der Waals surface area (Å²) in [4.78, 5) is 27.0. The van der Waals surface area contributed by atoms with Gasteiger partial charge in [-0.05, 0) is 38.2 Å². The number of hydrogen-bond acceptors (Lipinski definition) is 5. The molecule has 23 heavy (non-hydrogen) atoms. The molecular formula is C16H24N4O3. The minimum Gasteiger partial charge on any atom is -0.378 e. The molecule has 1 aromatic carbocycles. The lowest BCUT2D eigenvalue weighted by Gasteiger charge is -2.29. The third-order valence-electron chi connectivity index (χ3n) is 3.99. The normalized spacial score (nSPS) is 16.2. The molecule has 2 amide bonds. The summed E-state index contributed by atoms with van der Waals surface area (Å²) >= 11 is 0. The van der Waals surface area contributed by atoms with E-state index >= 15 is 0 Å². The maximum absolute atomic E-state index is 12.0. The number of rotatable bonds is 6. The number of benzene rings is 1. The van der Waals surface area contributed by atoms with Crippen LogP contribution in [0.25, 0.3) is 0 Å². The molecule has 126 valence electrons. The minimum atomic E-state index is -0.482. The fourth-order valence-electron chi connectivity index (χ4n) is 2.36. The van der Waals surface area contributed by atoms with Crippen LogP contribution in [0.5, 0.6) is 0 Å². The van der Waals surface area contributed by atoms with Crippen molar-refractivity contribution in [3.63, 3.8) is 0 Å². The van der Waals surface area contributed by atoms with Crippen molar-refractivity contribution in [2.45, 2.75) is 13.0 Å². The molecule has 1 aliphatic rings. The van der Waals surface area contributed by atoms with Crippen molar-refractivity contribution >= 4 is 23.2 Å². The van der Waals surface area contributed by atoms with Gasteiger partial charge < -0.3 is 20.7 Å². The van der Waals surface area contributed by atoms with Gasteiger partial charge in [0.15, 0.2) is 0 Å².